The maximum atomic E-state index is 11.9. The number of rotatable bonds is 6. The van der Waals surface area contributed by atoms with Crippen LogP contribution in [0.4, 0.5) is 0 Å². The highest BCUT2D eigenvalue weighted by molar-refractivity contribution is 14.0. The molecule has 0 aromatic heterocycles. The lowest BCUT2D eigenvalue weighted by atomic mass is 10.1. The van der Waals surface area contributed by atoms with Gasteiger partial charge in [0.1, 0.15) is 0 Å². The normalized spacial score (nSPS) is 26.8. The fourth-order valence-corrected chi connectivity index (χ4v) is 5.51. The van der Waals surface area contributed by atoms with E-state index in [1.165, 1.54) is 12.8 Å². The summed E-state index contributed by atoms with van der Waals surface area (Å²) < 4.78 is 37.1. The molecule has 3 fully saturated rings. The van der Waals surface area contributed by atoms with E-state index in [0.717, 1.165) is 51.3 Å². The number of hydrogen-bond acceptors (Lipinski definition) is 5. The van der Waals surface area contributed by atoms with Gasteiger partial charge in [0.25, 0.3) is 0 Å². The second-order valence-electron chi connectivity index (χ2n) is 7.55. The molecule has 164 valence electrons. The Morgan fingerprint density at radius 3 is 2.57 bits per heavy atom. The fraction of sp³-hybridized carbons (Fsp3) is 0.944. The fourth-order valence-electron chi connectivity index (χ4n) is 3.98. The van der Waals surface area contributed by atoms with E-state index in [9.17, 15) is 8.42 Å². The van der Waals surface area contributed by atoms with Crippen molar-refractivity contribution < 1.29 is 17.9 Å². The number of nitrogens with zero attached hydrogens (tertiary/aromatic N) is 3. The lowest BCUT2D eigenvalue weighted by Gasteiger charge is -2.35. The summed E-state index contributed by atoms with van der Waals surface area (Å²) >= 11 is 0. The zero-order valence-electron chi connectivity index (χ0n) is 16.8. The first-order valence-electron chi connectivity index (χ1n) is 10.2. The Labute approximate surface area is 186 Å². The number of halogens is 1. The highest BCUT2D eigenvalue weighted by Crippen LogP contribution is 2.18. The van der Waals surface area contributed by atoms with Crippen molar-refractivity contribution in [1.29, 1.82) is 0 Å². The van der Waals surface area contributed by atoms with Gasteiger partial charge >= 0.3 is 0 Å². The van der Waals surface area contributed by atoms with Crippen LogP contribution in [0, 0.1) is 0 Å². The molecular weight excluding hydrogens is 495 g/mol. The van der Waals surface area contributed by atoms with Crippen LogP contribution in [0.15, 0.2) is 4.99 Å². The smallest absolute Gasteiger partial charge is 0.214 e. The minimum Gasteiger partial charge on any atom is -0.376 e. The van der Waals surface area contributed by atoms with Crippen molar-refractivity contribution in [2.45, 2.75) is 50.7 Å². The molecule has 0 bridgehead atoms. The highest BCUT2D eigenvalue weighted by Gasteiger charge is 2.28. The summed E-state index contributed by atoms with van der Waals surface area (Å²) in [6.45, 7) is 5.10. The van der Waals surface area contributed by atoms with Crippen molar-refractivity contribution >= 4 is 40.0 Å². The minimum absolute atomic E-state index is 0. The molecule has 3 heterocycles. The van der Waals surface area contributed by atoms with Crippen LogP contribution in [0.5, 0.6) is 0 Å². The van der Waals surface area contributed by atoms with Crippen LogP contribution < -0.4 is 5.32 Å². The molecule has 1 atom stereocenters. The van der Waals surface area contributed by atoms with E-state index < -0.39 is 10.0 Å². The highest BCUT2D eigenvalue weighted by atomic mass is 127. The molecule has 3 rings (SSSR count). The Bertz CT molecular complexity index is 590. The van der Waals surface area contributed by atoms with Gasteiger partial charge in [-0.15, -0.1) is 24.0 Å². The summed E-state index contributed by atoms with van der Waals surface area (Å²) in [6, 6.07) is 0. The molecule has 10 heteroatoms. The van der Waals surface area contributed by atoms with E-state index >= 15 is 0 Å². The van der Waals surface area contributed by atoms with Gasteiger partial charge in [-0.25, -0.2) is 12.7 Å². The molecule has 1 unspecified atom stereocenters. The Hall–Kier alpha value is -0.170. The van der Waals surface area contributed by atoms with Crippen molar-refractivity contribution in [2.75, 3.05) is 58.7 Å². The van der Waals surface area contributed by atoms with Crippen LogP contribution in [0.1, 0.15) is 38.5 Å². The van der Waals surface area contributed by atoms with Crippen molar-refractivity contribution in [3.63, 3.8) is 0 Å². The number of ether oxygens (including phenoxy) is 2. The molecule has 28 heavy (non-hydrogen) atoms. The zero-order valence-corrected chi connectivity index (χ0v) is 20.0. The van der Waals surface area contributed by atoms with Gasteiger partial charge in [0, 0.05) is 46.4 Å². The molecule has 8 nitrogen and oxygen atoms in total. The van der Waals surface area contributed by atoms with Crippen molar-refractivity contribution in [1.82, 2.24) is 14.5 Å². The number of nitrogens with one attached hydrogen (secondary N) is 1. The van der Waals surface area contributed by atoms with Crippen LogP contribution >= 0.6 is 24.0 Å². The lowest BCUT2D eigenvalue weighted by Crippen LogP contribution is -2.48. The third-order valence-electron chi connectivity index (χ3n) is 5.59. The maximum absolute atomic E-state index is 11.9. The van der Waals surface area contributed by atoms with Gasteiger partial charge in [0.05, 0.1) is 24.6 Å². The minimum atomic E-state index is -3.03. The molecule has 3 aliphatic rings. The molecule has 0 aliphatic carbocycles. The van der Waals surface area contributed by atoms with Gasteiger partial charge in [0.15, 0.2) is 5.96 Å². The second-order valence-corrected chi connectivity index (χ2v) is 9.64. The predicted molar refractivity (Wildman–Crippen MR) is 121 cm³/mol. The number of hydrogen-bond donors (Lipinski definition) is 1. The molecule has 3 saturated heterocycles. The molecule has 3 aliphatic heterocycles. The predicted octanol–water partition coefficient (Wildman–Crippen LogP) is 1.27. The lowest BCUT2D eigenvalue weighted by molar-refractivity contribution is -0.0721. The van der Waals surface area contributed by atoms with Crippen LogP contribution in [-0.4, -0.2) is 94.5 Å². The molecular formula is C18H35IN4O4S. The van der Waals surface area contributed by atoms with Crippen LogP contribution in [0.2, 0.25) is 0 Å². The molecule has 0 aromatic carbocycles. The molecule has 0 amide bonds. The first kappa shape index (κ1) is 24.1. The Balaban J connectivity index is 0.00000280. The quantitative estimate of drug-likeness (QED) is 0.317. The zero-order chi connectivity index (χ0) is 19.1. The van der Waals surface area contributed by atoms with E-state index in [-0.39, 0.29) is 35.8 Å². The standard InChI is InChI=1S/C18H34N4O4S.HI/c1-19-18(20-8-12-22-9-4-14-27(22,23)24)21-10-6-16(7-11-21)26-15-17-5-2-3-13-25-17;/h16-17H,2-15H2,1H3,(H,19,20);1H. The monoisotopic (exact) mass is 530 g/mol. The average Bonchev–Trinajstić information content (AvgIpc) is 3.03. The summed E-state index contributed by atoms with van der Waals surface area (Å²) in [5.41, 5.74) is 0. The average molecular weight is 530 g/mol. The summed E-state index contributed by atoms with van der Waals surface area (Å²) in [6.07, 6.45) is 6.78. The van der Waals surface area contributed by atoms with E-state index in [2.05, 4.69) is 15.2 Å². The first-order valence-corrected chi connectivity index (χ1v) is 11.9. The van der Waals surface area contributed by atoms with Gasteiger partial charge in [-0.1, -0.05) is 0 Å². The number of likely N-dealkylation sites (tertiary alicyclic amines) is 1. The largest absolute Gasteiger partial charge is 0.376 e. The third-order valence-corrected chi connectivity index (χ3v) is 7.55. The van der Waals surface area contributed by atoms with Crippen molar-refractivity contribution in [3.8, 4) is 0 Å². The van der Waals surface area contributed by atoms with Gasteiger partial charge in [-0.05, 0) is 38.5 Å². The molecule has 0 radical (unpaired) electrons. The topological polar surface area (TPSA) is 83.5 Å². The summed E-state index contributed by atoms with van der Waals surface area (Å²) in [4.78, 5) is 6.59. The summed E-state index contributed by atoms with van der Waals surface area (Å²) in [7, 11) is -1.25. The third kappa shape index (κ3) is 6.96. The van der Waals surface area contributed by atoms with E-state index in [0.29, 0.717) is 32.3 Å². The van der Waals surface area contributed by atoms with Gasteiger partial charge in [-0.3, -0.25) is 4.99 Å². The van der Waals surface area contributed by atoms with Crippen LogP contribution in [0.3, 0.4) is 0 Å². The van der Waals surface area contributed by atoms with Gasteiger partial charge in [0.2, 0.25) is 10.0 Å². The van der Waals surface area contributed by atoms with E-state index in [1.807, 2.05) is 0 Å². The number of sulfonamides is 1. The van der Waals surface area contributed by atoms with E-state index in [4.69, 9.17) is 9.47 Å². The molecule has 0 spiro atoms. The Kier molecular flexibility index (Phi) is 10.2. The maximum Gasteiger partial charge on any atom is 0.214 e. The molecule has 0 saturated carbocycles. The van der Waals surface area contributed by atoms with Gasteiger partial charge in [-0.2, -0.15) is 0 Å². The SMILES string of the molecule is CN=C(NCCN1CCCS1(=O)=O)N1CCC(OCC2CCCCO2)CC1.I. The molecule has 0 aromatic rings. The number of aliphatic imine (C=N–C) groups is 1. The van der Waals surface area contributed by atoms with Crippen molar-refractivity contribution in [2.24, 2.45) is 4.99 Å². The van der Waals surface area contributed by atoms with Crippen molar-refractivity contribution in [3.05, 3.63) is 0 Å². The summed E-state index contributed by atoms with van der Waals surface area (Å²) in [5.74, 6) is 1.13. The van der Waals surface area contributed by atoms with Crippen LogP contribution in [0.25, 0.3) is 0 Å². The number of piperidine rings is 1. The van der Waals surface area contributed by atoms with Gasteiger partial charge < -0.3 is 19.7 Å². The molecule has 1 N–H and O–H groups in total. The number of guanidine groups is 1. The van der Waals surface area contributed by atoms with E-state index in [1.54, 1.807) is 11.4 Å². The first-order chi connectivity index (χ1) is 13.1. The Morgan fingerprint density at radius 1 is 1.18 bits per heavy atom. The Morgan fingerprint density at radius 2 is 1.96 bits per heavy atom. The second kappa shape index (κ2) is 11.9. The summed E-state index contributed by atoms with van der Waals surface area (Å²) in [5, 5.41) is 3.31. The van der Waals surface area contributed by atoms with Crippen LogP contribution in [-0.2, 0) is 19.5 Å².